The minimum absolute atomic E-state index is 0.0619. The number of hydrogen-bond acceptors (Lipinski definition) is 2. The van der Waals surface area contributed by atoms with Gasteiger partial charge in [0.1, 0.15) is 5.65 Å². The molecule has 1 unspecified atom stereocenters. The molecule has 5 heteroatoms. The average molecular weight is 225 g/mol. The van der Waals surface area contributed by atoms with Crippen molar-refractivity contribution in [1.29, 1.82) is 0 Å². The van der Waals surface area contributed by atoms with Gasteiger partial charge in [-0.15, -0.1) is 0 Å². The lowest BCUT2D eigenvalue weighted by Crippen LogP contribution is -2.45. The third kappa shape index (κ3) is 2.04. The second-order valence-electron chi connectivity index (χ2n) is 4.18. The van der Waals surface area contributed by atoms with E-state index in [1.807, 2.05) is 24.4 Å². The van der Waals surface area contributed by atoms with Gasteiger partial charge < -0.3 is 10.1 Å². The van der Waals surface area contributed by atoms with Crippen LogP contribution in [0.15, 0.2) is 30.6 Å². The first-order chi connectivity index (χ1) is 7.49. The molecular weight excluding hydrogens is 212 g/mol. The molecule has 86 valence electrons. The van der Waals surface area contributed by atoms with Crippen molar-refractivity contribution >= 4 is 5.65 Å². The molecular formula is C11H13F2N3. The third-order valence-corrected chi connectivity index (χ3v) is 2.47. The molecule has 0 bridgehead atoms. The van der Waals surface area contributed by atoms with E-state index in [0.29, 0.717) is 5.69 Å². The monoisotopic (exact) mass is 225 g/mol. The van der Waals surface area contributed by atoms with E-state index in [1.165, 1.54) is 6.92 Å². The quantitative estimate of drug-likeness (QED) is 0.866. The van der Waals surface area contributed by atoms with Gasteiger partial charge in [-0.3, -0.25) is 0 Å². The molecule has 16 heavy (non-hydrogen) atoms. The van der Waals surface area contributed by atoms with Gasteiger partial charge >= 0.3 is 0 Å². The lowest BCUT2D eigenvalue weighted by molar-refractivity contribution is 0.0635. The van der Waals surface area contributed by atoms with Crippen molar-refractivity contribution in [2.45, 2.75) is 25.3 Å². The van der Waals surface area contributed by atoms with Crippen LogP contribution in [-0.4, -0.2) is 21.3 Å². The molecule has 2 heterocycles. The normalized spacial score (nSPS) is 15.6. The van der Waals surface area contributed by atoms with Crippen LogP contribution in [0.3, 0.4) is 0 Å². The highest BCUT2D eigenvalue weighted by molar-refractivity contribution is 5.39. The Morgan fingerprint density at radius 3 is 2.88 bits per heavy atom. The summed E-state index contributed by atoms with van der Waals surface area (Å²) < 4.78 is 27.0. The Hall–Kier alpha value is -1.49. The molecule has 0 aliphatic rings. The van der Waals surface area contributed by atoms with Crippen LogP contribution in [-0.2, 0) is 6.42 Å². The summed E-state index contributed by atoms with van der Waals surface area (Å²) in [5.41, 5.74) is 5.30. The second-order valence-corrected chi connectivity index (χ2v) is 4.18. The van der Waals surface area contributed by atoms with Crippen LogP contribution < -0.4 is 5.73 Å². The molecule has 0 radical (unpaired) electrons. The lowest BCUT2D eigenvalue weighted by atomic mass is 9.98. The molecule has 1 atom stereocenters. The standard InChI is InChI=1S/C11H13F2N3/c1-11(14,10(12)13)6-8-7-16-5-3-2-4-9(16)15-8/h2-5,7,10H,6,14H2,1H3. The Bertz CT molecular complexity index is 458. The van der Waals surface area contributed by atoms with Crippen molar-refractivity contribution in [2.75, 3.05) is 0 Å². The molecule has 2 aromatic rings. The van der Waals surface area contributed by atoms with Gasteiger partial charge in [0, 0.05) is 18.8 Å². The van der Waals surface area contributed by atoms with Crippen molar-refractivity contribution in [1.82, 2.24) is 9.38 Å². The fourth-order valence-corrected chi connectivity index (χ4v) is 1.54. The molecule has 0 aliphatic heterocycles. The van der Waals surface area contributed by atoms with E-state index in [-0.39, 0.29) is 6.42 Å². The Morgan fingerprint density at radius 2 is 2.25 bits per heavy atom. The number of pyridine rings is 1. The van der Waals surface area contributed by atoms with Gasteiger partial charge in [-0.2, -0.15) is 0 Å². The van der Waals surface area contributed by atoms with Crippen molar-refractivity contribution in [3.05, 3.63) is 36.3 Å². The largest absolute Gasteiger partial charge is 0.320 e. The molecule has 0 saturated carbocycles. The van der Waals surface area contributed by atoms with Crippen molar-refractivity contribution in [3.8, 4) is 0 Å². The summed E-state index contributed by atoms with van der Waals surface area (Å²) in [6.07, 6.45) is 1.05. The zero-order chi connectivity index (χ0) is 11.8. The fraction of sp³-hybridized carbons (Fsp3) is 0.364. The SMILES string of the molecule is CC(N)(Cc1cn2ccccc2n1)C(F)F. The molecule has 0 aliphatic carbocycles. The van der Waals surface area contributed by atoms with E-state index in [1.54, 1.807) is 10.6 Å². The summed E-state index contributed by atoms with van der Waals surface area (Å²) in [5, 5.41) is 0. The van der Waals surface area contributed by atoms with Crippen molar-refractivity contribution in [3.63, 3.8) is 0 Å². The smallest absolute Gasteiger partial charge is 0.256 e. The first kappa shape index (κ1) is 11.0. The maximum Gasteiger partial charge on any atom is 0.256 e. The van der Waals surface area contributed by atoms with E-state index in [9.17, 15) is 8.78 Å². The molecule has 3 nitrogen and oxygen atoms in total. The maximum atomic E-state index is 12.6. The molecule has 0 aromatic carbocycles. The van der Waals surface area contributed by atoms with Crippen LogP contribution in [0.2, 0.25) is 0 Å². The van der Waals surface area contributed by atoms with Crippen molar-refractivity contribution < 1.29 is 8.78 Å². The van der Waals surface area contributed by atoms with Crippen LogP contribution in [0, 0.1) is 0 Å². The Kier molecular flexibility index (Phi) is 2.63. The highest BCUT2D eigenvalue weighted by Gasteiger charge is 2.31. The fourth-order valence-electron chi connectivity index (χ4n) is 1.54. The first-order valence-electron chi connectivity index (χ1n) is 4.99. The van der Waals surface area contributed by atoms with E-state index >= 15 is 0 Å². The highest BCUT2D eigenvalue weighted by atomic mass is 19.3. The van der Waals surface area contributed by atoms with E-state index in [0.717, 1.165) is 5.65 Å². The predicted octanol–water partition coefficient (Wildman–Crippen LogP) is 1.86. The minimum atomic E-state index is -2.56. The molecule has 2 N–H and O–H groups in total. The number of nitrogens with two attached hydrogens (primary N) is 1. The van der Waals surface area contributed by atoms with Crippen molar-refractivity contribution in [2.24, 2.45) is 5.73 Å². The number of fused-ring (bicyclic) bond motifs is 1. The van der Waals surface area contributed by atoms with E-state index < -0.39 is 12.0 Å². The number of nitrogens with zero attached hydrogens (tertiary/aromatic N) is 2. The van der Waals surface area contributed by atoms with Crippen LogP contribution in [0.25, 0.3) is 5.65 Å². The third-order valence-electron chi connectivity index (χ3n) is 2.47. The zero-order valence-corrected chi connectivity index (χ0v) is 8.90. The molecule has 2 aromatic heterocycles. The molecule has 0 spiro atoms. The second kappa shape index (κ2) is 3.83. The summed E-state index contributed by atoms with van der Waals surface area (Å²) >= 11 is 0. The topological polar surface area (TPSA) is 43.3 Å². The Balaban J connectivity index is 2.28. The summed E-state index contributed by atoms with van der Waals surface area (Å²) in [5.74, 6) is 0. The van der Waals surface area contributed by atoms with Gasteiger partial charge in [0.2, 0.25) is 0 Å². The number of aromatic nitrogens is 2. The molecule has 0 saturated heterocycles. The summed E-state index contributed by atoms with van der Waals surface area (Å²) in [7, 11) is 0. The van der Waals surface area contributed by atoms with E-state index in [2.05, 4.69) is 4.98 Å². The van der Waals surface area contributed by atoms with Crippen LogP contribution in [0.5, 0.6) is 0 Å². The Morgan fingerprint density at radius 1 is 1.50 bits per heavy atom. The van der Waals surface area contributed by atoms with Crippen LogP contribution in [0.4, 0.5) is 8.78 Å². The first-order valence-corrected chi connectivity index (χ1v) is 4.99. The lowest BCUT2D eigenvalue weighted by Gasteiger charge is -2.21. The number of halogens is 2. The van der Waals surface area contributed by atoms with Gasteiger partial charge in [-0.25, -0.2) is 13.8 Å². The van der Waals surface area contributed by atoms with Gasteiger partial charge in [0.05, 0.1) is 11.2 Å². The van der Waals surface area contributed by atoms with Gasteiger partial charge in [-0.1, -0.05) is 6.07 Å². The molecule has 2 rings (SSSR count). The van der Waals surface area contributed by atoms with Gasteiger partial charge in [-0.05, 0) is 19.1 Å². The van der Waals surface area contributed by atoms with E-state index in [4.69, 9.17) is 5.73 Å². The van der Waals surface area contributed by atoms with Gasteiger partial charge in [0.25, 0.3) is 6.43 Å². The molecule has 0 amide bonds. The average Bonchev–Trinajstić information content (AvgIpc) is 2.58. The van der Waals surface area contributed by atoms with Gasteiger partial charge in [0.15, 0.2) is 0 Å². The zero-order valence-electron chi connectivity index (χ0n) is 8.90. The number of hydrogen-bond donors (Lipinski definition) is 1. The minimum Gasteiger partial charge on any atom is -0.320 e. The van der Waals surface area contributed by atoms with Crippen LogP contribution >= 0.6 is 0 Å². The number of alkyl halides is 2. The number of imidazole rings is 1. The summed E-state index contributed by atoms with van der Waals surface area (Å²) in [4.78, 5) is 4.23. The highest BCUT2D eigenvalue weighted by Crippen LogP contribution is 2.18. The summed E-state index contributed by atoms with van der Waals surface area (Å²) in [6, 6.07) is 5.52. The Labute approximate surface area is 91.9 Å². The van der Waals surface area contributed by atoms with Crippen LogP contribution in [0.1, 0.15) is 12.6 Å². The predicted molar refractivity (Wildman–Crippen MR) is 57.5 cm³/mol. The maximum absolute atomic E-state index is 12.6. The number of rotatable bonds is 3. The molecule has 0 fully saturated rings. The summed E-state index contributed by atoms with van der Waals surface area (Å²) in [6.45, 7) is 1.34.